The Morgan fingerprint density at radius 3 is 2.80 bits per heavy atom. The lowest BCUT2D eigenvalue weighted by Crippen LogP contribution is -2.39. The Hall–Kier alpha value is -0.970. The van der Waals surface area contributed by atoms with Gasteiger partial charge < -0.3 is 15.0 Å². The minimum atomic E-state index is -0.134. The number of hydrogen-bond donors (Lipinski definition) is 1. The number of nitrogens with one attached hydrogen (secondary N) is 1. The lowest BCUT2D eigenvalue weighted by Gasteiger charge is -2.31. The Kier molecular flexibility index (Phi) is 5.52. The molecule has 1 aromatic carbocycles. The highest BCUT2D eigenvalue weighted by atomic mass is 19.1. The van der Waals surface area contributed by atoms with E-state index in [0.29, 0.717) is 12.0 Å². The lowest BCUT2D eigenvalue weighted by molar-refractivity contribution is 0.145. The number of nitrogens with zero attached hydrogens (tertiary/aromatic N) is 1. The quantitative estimate of drug-likeness (QED) is 0.866. The van der Waals surface area contributed by atoms with Gasteiger partial charge in [0.2, 0.25) is 0 Å². The van der Waals surface area contributed by atoms with Gasteiger partial charge >= 0.3 is 0 Å². The molecule has 20 heavy (non-hydrogen) atoms. The molecule has 0 aliphatic carbocycles. The fourth-order valence-electron chi connectivity index (χ4n) is 3.05. The highest BCUT2D eigenvalue weighted by Gasteiger charge is 2.26. The van der Waals surface area contributed by atoms with Gasteiger partial charge in [-0.25, -0.2) is 4.39 Å². The molecule has 1 heterocycles. The third-order valence-electron chi connectivity index (χ3n) is 4.23. The van der Waals surface area contributed by atoms with Gasteiger partial charge in [-0.2, -0.15) is 0 Å². The van der Waals surface area contributed by atoms with E-state index in [4.69, 9.17) is 4.74 Å². The fourth-order valence-corrected chi connectivity index (χ4v) is 3.05. The van der Waals surface area contributed by atoms with Crippen LogP contribution in [0.15, 0.2) is 24.3 Å². The smallest absolute Gasteiger partial charge is 0.127 e. The summed E-state index contributed by atoms with van der Waals surface area (Å²) < 4.78 is 19.4. The Balaban J connectivity index is 2.01. The first-order chi connectivity index (χ1) is 9.63. The van der Waals surface area contributed by atoms with Crippen LogP contribution in [0.4, 0.5) is 4.39 Å². The van der Waals surface area contributed by atoms with Crippen LogP contribution in [0.2, 0.25) is 0 Å². The fraction of sp³-hybridized carbons (Fsp3) is 0.625. The summed E-state index contributed by atoms with van der Waals surface area (Å²) in [6, 6.07) is 7.55. The molecule has 4 heteroatoms. The minimum absolute atomic E-state index is 0.0287. The third-order valence-corrected chi connectivity index (χ3v) is 4.23. The van der Waals surface area contributed by atoms with Crippen LogP contribution in [0.1, 0.15) is 24.9 Å². The first kappa shape index (κ1) is 15.4. The number of likely N-dealkylation sites (N-methyl/N-ethyl adjacent to an activating group) is 1. The molecule has 0 bridgehead atoms. The van der Waals surface area contributed by atoms with Crippen molar-refractivity contribution in [3.05, 3.63) is 35.6 Å². The van der Waals surface area contributed by atoms with Crippen molar-refractivity contribution in [2.45, 2.75) is 25.4 Å². The van der Waals surface area contributed by atoms with Gasteiger partial charge in [0.15, 0.2) is 0 Å². The van der Waals surface area contributed by atoms with Crippen molar-refractivity contribution in [2.75, 3.05) is 33.9 Å². The van der Waals surface area contributed by atoms with Crippen molar-refractivity contribution in [3.8, 4) is 0 Å². The molecular weight excluding hydrogens is 255 g/mol. The number of halogens is 1. The lowest BCUT2D eigenvalue weighted by atomic mass is 9.93. The summed E-state index contributed by atoms with van der Waals surface area (Å²) in [6.45, 7) is 4.76. The van der Waals surface area contributed by atoms with Gasteiger partial charge in [-0.1, -0.05) is 25.1 Å². The van der Waals surface area contributed by atoms with E-state index >= 15 is 0 Å². The molecule has 1 fully saturated rings. The van der Waals surface area contributed by atoms with Gasteiger partial charge in [0.25, 0.3) is 0 Å². The summed E-state index contributed by atoms with van der Waals surface area (Å²) in [4.78, 5) is 2.34. The van der Waals surface area contributed by atoms with E-state index in [1.165, 1.54) is 6.07 Å². The Morgan fingerprint density at radius 2 is 2.20 bits per heavy atom. The van der Waals surface area contributed by atoms with Crippen LogP contribution in [0.5, 0.6) is 0 Å². The maximum atomic E-state index is 14.0. The predicted molar refractivity (Wildman–Crippen MR) is 79.2 cm³/mol. The van der Waals surface area contributed by atoms with Crippen molar-refractivity contribution < 1.29 is 9.13 Å². The van der Waals surface area contributed by atoms with Crippen molar-refractivity contribution in [1.29, 1.82) is 0 Å². The topological polar surface area (TPSA) is 24.5 Å². The summed E-state index contributed by atoms with van der Waals surface area (Å²) in [7, 11) is 4.02. The van der Waals surface area contributed by atoms with Gasteiger partial charge in [0, 0.05) is 30.8 Å². The van der Waals surface area contributed by atoms with Crippen molar-refractivity contribution in [3.63, 3.8) is 0 Å². The van der Waals surface area contributed by atoms with Crippen LogP contribution < -0.4 is 5.32 Å². The van der Waals surface area contributed by atoms with E-state index in [2.05, 4.69) is 24.2 Å². The molecule has 0 saturated carbocycles. The van der Waals surface area contributed by atoms with Gasteiger partial charge in [-0.3, -0.25) is 0 Å². The number of rotatable bonds is 6. The van der Waals surface area contributed by atoms with E-state index < -0.39 is 0 Å². The maximum Gasteiger partial charge on any atom is 0.127 e. The van der Waals surface area contributed by atoms with Gasteiger partial charge in [0.05, 0.1) is 6.61 Å². The van der Waals surface area contributed by atoms with E-state index in [-0.39, 0.29) is 11.9 Å². The van der Waals surface area contributed by atoms with Gasteiger partial charge in [0.1, 0.15) is 5.82 Å². The van der Waals surface area contributed by atoms with Crippen LogP contribution in [0.3, 0.4) is 0 Å². The second-order valence-electron chi connectivity index (χ2n) is 5.72. The molecule has 0 aromatic heterocycles. The van der Waals surface area contributed by atoms with E-state index in [1.54, 1.807) is 6.07 Å². The monoisotopic (exact) mass is 280 g/mol. The third kappa shape index (κ3) is 3.57. The van der Waals surface area contributed by atoms with Crippen LogP contribution in [0, 0.1) is 11.7 Å². The summed E-state index contributed by atoms with van der Waals surface area (Å²) >= 11 is 0. The maximum absolute atomic E-state index is 14.0. The molecule has 0 spiro atoms. The molecular formula is C16H25FN2O. The Bertz CT molecular complexity index is 421. The first-order valence-electron chi connectivity index (χ1n) is 7.33. The van der Waals surface area contributed by atoms with Crippen LogP contribution in [-0.4, -0.2) is 44.8 Å². The zero-order valence-electron chi connectivity index (χ0n) is 12.6. The normalized spacial score (nSPS) is 22.1. The van der Waals surface area contributed by atoms with Crippen molar-refractivity contribution in [2.24, 2.45) is 5.92 Å². The molecule has 1 saturated heterocycles. The summed E-state index contributed by atoms with van der Waals surface area (Å²) in [5.74, 6) is 0.188. The molecule has 1 aliphatic rings. The van der Waals surface area contributed by atoms with Gasteiger partial charge in [-0.05, 0) is 32.5 Å². The standard InChI is InChI=1S/C16H25FN2O/c1-12(10-19(3)13-8-9-20-11-13)16(18-2)14-6-4-5-7-15(14)17/h4-7,12-13,16,18H,8-11H2,1-3H3. The van der Waals surface area contributed by atoms with Gasteiger partial charge in [-0.15, -0.1) is 0 Å². The number of benzene rings is 1. The largest absolute Gasteiger partial charge is 0.380 e. The highest BCUT2D eigenvalue weighted by Crippen LogP contribution is 2.25. The van der Waals surface area contributed by atoms with Crippen LogP contribution in [-0.2, 0) is 4.74 Å². The van der Waals surface area contributed by atoms with Crippen LogP contribution >= 0.6 is 0 Å². The van der Waals surface area contributed by atoms with E-state index in [9.17, 15) is 4.39 Å². The molecule has 2 rings (SSSR count). The molecule has 3 unspecified atom stereocenters. The van der Waals surface area contributed by atoms with E-state index in [1.807, 2.05) is 19.2 Å². The number of hydrogen-bond acceptors (Lipinski definition) is 3. The van der Waals surface area contributed by atoms with Crippen molar-refractivity contribution >= 4 is 0 Å². The molecule has 112 valence electrons. The molecule has 0 radical (unpaired) electrons. The second-order valence-corrected chi connectivity index (χ2v) is 5.72. The van der Waals surface area contributed by atoms with Crippen LogP contribution in [0.25, 0.3) is 0 Å². The first-order valence-corrected chi connectivity index (χ1v) is 7.33. The Labute approximate surface area is 121 Å². The summed E-state index contributed by atoms with van der Waals surface area (Å²) in [6.07, 6.45) is 1.09. The minimum Gasteiger partial charge on any atom is -0.380 e. The predicted octanol–water partition coefficient (Wildman–Crippen LogP) is 2.44. The molecule has 1 aliphatic heterocycles. The molecule has 0 amide bonds. The van der Waals surface area contributed by atoms with Crippen molar-refractivity contribution in [1.82, 2.24) is 10.2 Å². The molecule has 1 N–H and O–H groups in total. The summed E-state index contributed by atoms with van der Waals surface area (Å²) in [5.41, 5.74) is 0.749. The molecule has 3 nitrogen and oxygen atoms in total. The highest BCUT2D eigenvalue weighted by molar-refractivity contribution is 5.21. The number of ether oxygens (including phenoxy) is 1. The average molecular weight is 280 g/mol. The molecule has 3 atom stereocenters. The molecule has 1 aromatic rings. The average Bonchev–Trinajstić information content (AvgIpc) is 2.96. The zero-order valence-corrected chi connectivity index (χ0v) is 12.6. The Morgan fingerprint density at radius 1 is 1.45 bits per heavy atom. The summed E-state index contributed by atoms with van der Waals surface area (Å²) in [5, 5.41) is 3.26. The second kappa shape index (κ2) is 7.16. The SMILES string of the molecule is CNC(c1ccccc1F)C(C)CN(C)C1CCOC1. The van der Waals surface area contributed by atoms with E-state index in [0.717, 1.165) is 31.7 Å². The zero-order chi connectivity index (χ0) is 14.5.